The summed E-state index contributed by atoms with van der Waals surface area (Å²) in [6.45, 7) is 4.25. The van der Waals surface area contributed by atoms with E-state index in [9.17, 15) is 38.7 Å². The molecule has 0 aromatic heterocycles. The second kappa shape index (κ2) is 17.0. The van der Waals surface area contributed by atoms with Gasteiger partial charge in [-0.15, -0.1) is 11.8 Å². The van der Waals surface area contributed by atoms with Gasteiger partial charge in [0.05, 0.1) is 12.4 Å². The number of hydrogen-bond acceptors (Lipinski definition) is 11. The van der Waals surface area contributed by atoms with Gasteiger partial charge in [0.25, 0.3) is 11.8 Å². The summed E-state index contributed by atoms with van der Waals surface area (Å²) in [6, 6.07) is -3.75. The highest BCUT2D eigenvalue weighted by molar-refractivity contribution is 8.76. The first-order valence-corrected chi connectivity index (χ1v) is 14.9. The molecule has 3 atom stereocenters. The number of nitrogens with zero attached hydrogens (tertiary/aromatic N) is 1. The molecular formula is C21H32N6O8S3. The summed E-state index contributed by atoms with van der Waals surface area (Å²) in [6.07, 6.45) is 2.03. The van der Waals surface area contributed by atoms with Gasteiger partial charge in [-0.05, 0) is 0 Å². The molecule has 0 fully saturated rings. The van der Waals surface area contributed by atoms with Gasteiger partial charge in [-0.3, -0.25) is 33.7 Å². The molecule has 0 bridgehead atoms. The molecule has 212 valence electrons. The Bertz CT molecular complexity index is 930. The average Bonchev–Trinajstić information content (AvgIpc) is 3.16. The summed E-state index contributed by atoms with van der Waals surface area (Å²) in [4.78, 5) is 84.9. The van der Waals surface area contributed by atoms with Gasteiger partial charge in [0.1, 0.15) is 18.1 Å². The Kier molecular flexibility index (Phi) is 14.8. The minimum atomic E-state index is -1.34. The van der Waals surface area contributed by atoms with E-state index in [0.29, 0.717) is 4.90 Å². The average molecular weight is 593 g/mol. The topological polar surface area (TPSA) is 217 Å². The molecule has 14 nitrogen and oxygen atoms in total. The third kappa shape index (κ3) is 11.7. The molecule has 6 amide bonds. The van der Waals surface area contributed by atoms with Crippen molar-refractivity contribution in [3.8, 4) is 0 Å². The van der Waals surface area contributed by atoms with Crippen LogP contribution < -0.4 is 27.0 Å². The van der Waals surface area contributed by atoms with Gasteiger partial charge in [0, 0.05) is 42.4 Å². The molecule has 0 aromatic rings. The molecule has 1 heterocycles. The molecule has 1 aliphatic heterocycles. The summed E-state index contributed by atoms with van der Waals surface area (Å²) in [5, 5.41) is 19.1. The third-order valence-electron chi connectivity index (χ3n) is 4.57. The lowest BCUT2D eigenvalue weighted by Gasteiger charge is -2.26. The maximum atomic E-state index is 12.9. The summed E-state index contributed by atoms with van der Waals surface area (Å²) < 4.78 is 0. The fourth-order valence-electron chi connectivity index (χ4n) is 2.78. The first-order valence-electron chi connectivity index (χ1n) is 11.3. The second-order valence-corrected chi connectivity index (χ2v) is 12.1. The quantitative estimate of drug-likeness (QED) is 0.0469. The maximum absolute atomic E-state index is 12.9. The molecule has 0 radical (unpaired) electrons. The van der Waals surface area contributed by atoms with Gasteiger partial charge in [-0.2, -0.15) is 0 Å². The van der Waals surface area contributed by atoms with Gasteiger partial charge in [-0.25, -0.2) is 4.79 Å². The summed E-state index contributed by atoms with van der Waals surface area (Å²) in [5.74, 6) is -5.08. The number of thioether (sulfide) groups is 1. The first-order chi connectivity index (χ1) is 17.9. The number of amides is 6. The molecule has 0 saturated heterocycles. The van der Waals surface area contributed by atoms with Crippen molar-refractivity contribution in [1.29, 1.82) is 0 Å². The van der Waals surface area contributed by atoms with E-state index in [0.717, 1.165) is 23.9 Å². The van der Waals surface area contributed by atoms with Gasteiger partial charge >= 0.3 is 5.97 Å². The maximum Gasteiger partial charge on any atom is 0.327 e. The largest absolute Gasteiger partial charge is 0.480 e. The Morgan fingerprint density at radius 3 is 2.13 bits per heavy atom. The zero-order valence-corrected chi connectivity index (χ0v) is 23.5. The van der Waals surface area contributed by atoms with E-state index >= 15 is 0 Å². The molecule has 1 aliphatic rings. The van der Waals surface area contributed by atoms with Crippen LogP contribution in [0.1, 0.15) is 20.8 Å². The Labute approximate surface area is 231 Å². The fourth-order valence-corrected chi connectivity index (χ4v) is 5.85. The number of carbonyl (C=O) groups excluding carboxylic acids is 6. The van der Waals surface area contributed by atoms with Crippen LogP contribution in [0.3, 0.4) is 0 Å². The van der Waals surface area contributed by atoms with Gasteiger partial charge in [-0.1, -0.05) is 35.4 Å². The Balaban J connectivity index is 2.77. The smallest absolute Gasteiger partial charge is 0.327 e. The molecule has 38 heavy (non-hydrogen) atoms. The lowest BCUT2D eigenvalue weighted by Crippen LogP contribution is -2.58. The van der Waals surface area contributed by atoms with Crippen LogP contribution in [0, 0.1) is 0 Å². The highest BCUT2D eigenvalue weighted by Gasteiger charge is 2.36. The van der Waals surface area contributed by atoms with E-state index in [1.54, 1.807) is 0 Å². The van der Waals surface area contributed by atoms with Crippen molar-refractivity contribution >= 4 is 74.8 Å². The van der Waals surface area contributed by atoms with Crippen molar-refractivity contribution in [3.05, 3.63) is 12.2 Å². The zero-order valence-electron chi connectivity index (χ0n) is 21.1. The lowest BCUT2D eigenvalue weighted by atomic mass is 10.2. The molecule has 0 aliphatic carbocycles. The highest BCUT2D eigenvalue weighted by atomic mass is 33.1. The number of rotatable bonds is 17. The lowest BCUT2D eigenvalue weighted by molar-refractivity contribution is -0.145. The highest BCUT2D eigenvalue weighted by Crippen LogP contribution is 2.26. The van der Waals surface area contributed by atoms with Crippen LogP contribution in [0.25, 0.3) is 0 Å². The van der Waals surface area contributed by atoms with Crippen molar-refractivity contribution in [3.63, 3.8) is 0 Å². The number of carboxylic acids is 1. The second-order valence-electron chi connectivity index (χ2n) is 8.05. The molecular weight excluding hydrogens is 560 g/mol. The molecule has 0 saturated carbocycles. The fraction of sp³-hybridized carbons (Fsp3) is 0.571. The standard InChI is InChI=1S/C21H32N6O8S3/c1-11(2)38-37-9-13(26-20(33)15(6-22)27-17(30)4-5-18(27)31)19(32)23-7-16(29)25-14(21(34)35)8-36-10-24-12(3)28/h4-5,11,13-15H,6-10,22H2,1-3H3,(H,23,32)(H,24,28)(H,25,29)(H,26,33)(H,34,35)/t13-,14-,15-/m0/s1. The van der Waals surface area contributed by atoms with Crippen LogP contribution >= 0.6 is 33.3 Å². The zero-order chi connectivity index (χ0) is 28.8. The van der Waals surface area contributed by atoms with Gasteiger partial charge < -0.3 is 32.1 Å². The van der Waals surface area contributed by atoms with E-state index in [4.69, 9.17) is 5.73 Å². The minimum absolute atomic E-state index is 0.0275. The summed E-state index contributed by atoms with van der Waals surface area (Å²) >= 11 is 1.09. The SMILES string of the molecule is CC(=O)NCSC[C@H](NC(=O)CNC(=O)[C@H](CSSC(C)C)NC(=O)[C@H](CN)N1C(=O)C=CC1=O)C(=O)O. The normalized spacial score (nSPS) is 15.1. The number of imide groups is 1. The number of aliphatic carboxylic acids is 1. The number of carboxylic acid groups (broad SMARTS) is 1. The Morgan fingerprint density at radius 1 is 0.974 bits per heavy atom. The number of carbonyl (C=O) groups is 7. The Morgan fingerprint density at radius 2 is 1.61 bits per heavy atom. The molecule has 1 rings (SSSR count). The van der Waals surface area contributed by atoms with Crippen LogP contribution in [0.15, 0.2) is 12.2 Å². The predicted molar refractivity (Wildman–Crippen MR) is 145 cm³/mol. The number of hydrogen-bond donors (Lipinski definition) is 6. The minimum Gasteiger partial charge on any atom is -0.480 e. The summed E-state index contributed by atoms with van der Waals surface area (Å²) in [7, 11) is 2.74. The number of nitrogens with one attached hydrogen (secondary N) is 4. The van der Waals surface area contributed by atoms with Crippen molar-refractivity contribution in [2.45, 2.75) is 44.1 Å². The van der Waals surface area contributed by atoms with Crippen LogP contribution in [0.2, 0.25) is 0 Å². The predicted octanol–water partition coefficient (Wildman–Crippen LogP) is -1.97. The van der Waals surface area contributed by atoms with E-state index in [1.807, 2.05) is 13.8 Å². The molecule has 0 unspecified atom stereocenters. The van der Waals surface area contributed by atoms with E-state index in [1.165, 1.54) is 28.5 Å². The summed E-state index contributed by atoms with van der Waals surface area (Å²) in [5.41, 5.74) is 5.63. The molecule has 17 heteroatoms. The van der Waals surface area contributed by atoms with Gasteiger partial charge in [0.2, 0.25) is 23.6 Å². The van der Waals surface area contributed by atoms with E-state index in [2.05, 4.69) is 21.3 Å². The van der Waals surface area contributed by atoms with Crippen LogP contribution in [0.5, 0.6) is 0 Å². The van der Waals surface area contributed by atoms with E-state index in [-0.39, 0.29) is 35.1 Å². The Hall–Kier alpha value is -2.76. The first kappa shape index (κ1) is 33.3. The van der Waals surface area contributed by atoms with Crippen LogP contribution in [-0.2, 0) is 33.6 Å². The molecule has 7 N–H and O–H groups in total. The number of nitrogens with two attached hydrogens (primary N) is 1. The van der Waals surface area contributed by atoms with Crippen LogP contribution in [0.4, 0.5) is 0 Å². The monoisotopic (exact) mass is 592 g/mol. The molecule has 0 spiro atoms. The van der Waals surface area contributed by atoms with Crippen molar-refractivity contribution in [2.75, 3.05) is 30.5 Å². The van der Waals surface area contributed by atoms with E-state index < -0.39 is 60.2 Å². The van der Waals surface area contributed by atoms with Crippen molar-refractivity contribution in [1.82, 2.24) is 26.2 Å². The van der Waals surface area contributed by atoms with Crippen LogP contribution in [-0.4, -0.2) is 105 Å². The van der Waals surface area contributed by atoms with Crippen molar-refractivity contribution < 1.29 is 38.7 Å². The third-order valence-corrected chi connectivity index (χ3v) is 8.45. The van der Waals surface area contributed by atoms with Crippen molar-refractivity contribution in [2.24, 2.45) is 5.73 Å². The van der Waals surface area contributed by atoms with Gasteiger partial charge in [0.15, 0.2) is 0 Å². The molecule has 0 aromatic carbocycles.